The van der Waals surface area contributed by atoms with Crippen molar-refractivity contribution in [1.82, 2.24) is 10.3 Å². The van der Waals surface area contributed by atoms with E-state index < -0.39 is 30.5 Å². The smallest absolute Gasteiger partial charge is 0.340 e. The predicted molar refractivity (Wildman–Crippen MR) is 85.6 cm³/mol. The molecular weight excluding hydrogens is 368 g/mol. The van der Waals surface area contributed by atoms with Crippen molar-refractivity contribution in [2.45, 2.75) is 26.3 Å². The summed E-state index contributed by atoms with van der Waals surface area (Å²) in [6.07, 6.45) is 3.54. The second kappa shape index (κ2) is 9.24. The lowest BCUT2D eigenvalue weighted by Gasteiger charge is -2.21. The summed E-state index contributed by atoms with van der Waals surface area (Å²) in [6, 6.07) is 0.757. The minimum Gasteiger partial charge on any atom is -0.467 e. The molecule has 1 aromatic rings. The maximum atomic E-state index is 11.9. The summed E-state index contributed by atoms with van der Waals surface area (Å²) in [7, 11) is 1.25. The summed E-state index contributed by atoms with van der Waals surface area (Å²) in [5, 5.41) is 2.52. The summed E-state index contributed by atoms with van der Waals surface area (Å²) >= 11 is 3.19. The fourth-order valence-corrected chi connectivity index (χ4v) is 2.11. The topological polar surface area (TPSA) is 94.6 Å². The van der Waals surface area contributed by atoms with Crippen LogP contribution in [0.1, 0.15) is 30.6 Å². The molecule has 23 heavy (non-hydrogen) atoms. The van der Waals surface area contributed by atoms with Crippen molar-refractivity contribution in [2.75, 3.05) is 13.7 Å². The highest BCUT2D eigenvalue weighted by atomic mass is 79.9. The van der Waals surface area contributed by atoms with Gasteiger partial charge in [0.2, 0.25) is 0 Å². The van der Waals surface area contributed by atoms with E-state index in [1.54, 1.807) is 0 Å². The summed E-state index contributed by atoms with van der Waals surface area (Å²) in [5.74, 6) is -1.88. The molecule has 1 aromatic heterocycles. The van der Waals surface area contributed by atoms with Crippen molar-refractivity contribution in [3.63, 3.8) is 0 Å². The molecule has 8 heteroatoms. The molecule has 0 bridgehead atoms. The number of carbonyl (C=O) groups is 3. The number of pyridine rings is 1. The molecule has 0 saturated heterocycles. The molecule has 7 nitrogen and oxygen atoms in total. The monoisotopic (exact) mass is 386 g/mol. The molecule has 0 aliphatic rings. The number of nitrogens with one attached hydrogen (secondary N) is 1. The van der Waals surface area contributed by atoms with Gasteiger partial charge < -0.3 is 14.8 Å². The number of carbonyl (C=O) groups excluding carboxylic acids is 3. The Morgan fingerprint density at radius 3 is 2.61 bits per heavy atom. The van der Waals surface area contributed by atoms with E-state index in [9.17, 15) is 14.4 Å². The average Bonchev–Trinajstić information content (AvgIpc) is 2.56. The quantitative estimate of drug-likeness (QED) is 0.716. The number of halogens is 1. The first-order valence-corrected chi connectivity index (χ1v) is 7.83. The zero-order chi connectivity index (χ0) is 17.4. The lowest BCUT2D eigenvalue weighted by Crippen LogP contribution is -2.47. The van der Waals surface area contributed by atoms with Crippen molar-refractivity contribution in [3.8, 4) is 0 Å². The van der Waals surface area contributed by atoms with Gasteiger partial charge in [0.15, 0.2) is 6.61 Å². The number of hydrogen-bond acceptors (Lipinski definition) is 6. The highest BCUT2D eigenvalue weighted by molar-refractivity contribution is 9.10. The molecule has 0 aliphatic heterocycles. The van der Waals surface area contributed by atoms with E-state index in [1.807, 2.05) is 13.8 Å². The molecule has 1 rings (SSSR count). The van der Waals surface area contributed by atoms with E-state index in [4.69, 9.17) is 4.74 Å². The molecule has 1 amide bonds. The Morgan fingerprint density at radius 2 is 2.04 bits per heavy atom. The molecule has 1 heterocycles. The first-order chi connectivity index (χ1) is 10.9. The van der Waals surface area contributed by atoms with Gasteiger partial charge in [0.1, 0.15) is 6.04 Å². The Labute approximate surface area is 142 Å². The number of nitrogens with zero attached hydrogens (tertiary/aromatic N) is 1. The van der Waals surface area contributed by atoms with Gasteiger partial charge in [-0.3, -0.25) is 9.78 Å². The fourth-order valence-electron chi connectivity index (χ4n) is 1.75. The van der Waals surface area contributed by atoms with Crippen LogP contribution in [0.4, 0.5) is 0 Å². The van der Waals surface area contributed by atoms with E-state index >= 15 is 0 Å². The van der Waals surface area contributed by atoms with Gasteiger partial charge in [-0.25, -0.2) is 9.59 Å². The molecule has 1 N–H and O–H groups in total. The van der Waals surface area contributed by atoms with Gasteiger partial charge in [0.25, 0.3) is 5.91 Å². The zero-order valence-corrected chi connectivity index (χ0v) is 14.8. The van der Waals surface area contributed by atoms with E-state index in [0.717, 1.165) is 0 Å². The Balaban J connectivity index is 2.58. The van der Waals surface area contributed by atoms with Gasteiger partial charge in [0.05, 0.1) is 12.7 Å². The molecule has 126 valence electrons. The summed E-state index contributed by atoms with van der Waals surface area (Å²) in [5.41, 5.74) is 0.221. The standard InChI is InChI=1S/C15H19BrN2O5/c1-4-9(2)13(15(21)22-3)18-12(19)8-23-14(20)10-5-11(16)7-17-6-10/h5-7,9,13H,4,8H2,1-3H3,(H,18,19)/t9-,13-/m0/s1. The highest BCUT2D eigenvalue weighted by Crippen LogP contribution is 2.11. The number of ether oxygens (including phenoxy) is 2. The van der Waals surface area contributed by atoms with Crippen LogP contribution in [0, 0.1) is 5.92 Å². The largest absolute Gasteiger partial charge is 0.467 e. The first-order valence-electron chi connectivity index (χ1n) is 7.03. The summed E-state index contributed by atoms with van der Waals surface area (Å²) in [4.78, 5) is 39.2. The molecule has 0 aliphatic carbocycles. The van der Waals surface area contributed by atoms with Gasteiger partial charge in [-0.1, -0.05) is 20.3 Å². The third-order valence-electron chi connectivity index (χ3n) is 3.26. The molecule has 2 atom stereocenters. The fraction of sp³-hybridized carbons (Fsp3) is 0.467. The normalized spacial score (nSPS) is 12.9. The second-order valence-electron chi connectivity index (χ2n) is 4.92. The molecule has 0 unspecified atom stereocenters. The Kier molecular flexibility index (Phi) is 7.67. The van der Waals surface area contributed by atoms with Crippen molar-refractivity contribution in [2.24, 2.45) is 5.92 Å². The zero-order valence-electron chi connectivity index (χ0n) is 13.2. The van der Waals surface area contributed by atoms with Crippen LogP contribution in [0.25, 0.3) is 0 Å². The van der Waals surface area contributed by atoms with Crippen molar-refractivity contribution >= 4 is 33.8 Å². The first kappa shape index (κ1) is 19.1. The van der Waals surface area contributed by atoms with Crippen LogP contribution >= 0.6 is 15.9 Å². The van der Waals surface area contributed by atoms with Crippen LogP contribution in [0.3, 0.4) is 0 Å². The van der Waals surface area contributed by atoms with E-state index in [0.29, 0.717) is 10.9 Å². The number of rotatable bonds is 7. The number of amides is 1. The lowest BCUT2D eigenvalue weighted by molar-refractivity contribution is -0.147. The molecule has 0 fully saturated rings. The second-order valence-corrected chi connectivity index (χ2v) is 5.84. The van der Waals surface area contributed by atoms with Crippen molar-refractivity contribution in [3.05, 3.63) is 28.5 Å². The van der Waals surface area contributed by atoms with Crippen LogP contribution in [-0.4, -0.2) is 42.6 Å². The maximum Gasteiger partial charge on any atom is 0.340 e. The van der Waals surface area contributed by atoms with Gasteiger partial charge in [0, 0.05) is 16.9 Å². The molecule has 0 radical (unpaired) electrons. The van der Waals surface area contributed by atoms with Crippen LogP contribution in [-0.2, 0) is 19.1 Å². The minimum absolute atomic E-state index is 0.101. The van der Waals surface area contributed by atoms with Gasteiger partial charge >= 0.3 is 11.9 Å². The predicted octanol–water partition coefficient (Wildman–Crippen LogP) is 1.70. The molecular formula is C15H19BrN2O5. The Hall–Kier alpha value is -1.96. The number of methoxy groups -OCH3 is 1. The number of hydrogen-bond donors (Lipinski definition) is 1. The Morgan fingerprint density at radius 1 is 1.35 bits per heavy atom. The SMILES string of the molecule is CC[C@H](C)[C@H](NC(=O)COC(=O)c1cncc(Br)c1)C(=O)OC. The van der Waals surface area contributed by atoms with Crippen LogP contribution in [0.15, 0.2) is 22.9 Å². The van der Waals surface area contributed by atoms with Gasteiger partial charge in [-0.2, -0.15) is 0 Å². The van der Waals surface area contributed by atoms with E-state index in [1.165, 1.54) is 25.6 Å². The molecule has 0 saturated carbocycles. The van der Waals surface area contributed by atoms with Crippen molar-refractivity contribution < 1.29 is 23.9 Å². The van der Waals surface area contributed by atoms with E-state index in [-0.39, 0.29) is 11.5 Å². The maximum absolute atomic E-state index is 11.9. The average molecular weight is 387 g/mol. The number of esters is 2. The minimum atomic E-state index is -0.774. The number of aromatic nitrogens is 1. The van der Waals surface area contributed by atoms with Crippen LogP contribution in [0.2, 0.25) is 0 Å². The van der Waals surface area contributed by atoms with E-state index in [2.05, 4.69) is 31.0 Å². The summed E-state index contributed by atoms with van der Waals surface area (Å²) < 4.78 is 10.2. The lowest BCUT2D eigenvalue weighted by atomic mass is 9.99. The molecule has 0 aromatic carbocycles. The van der Waals surface area contributed by atoms with Gasteiger partial charge in [-0.05, 0) is 27.9 Å². The van der Waals surface area contributed by atoms with Gasteiger partial charge in [-0.15, -0.1) is 0 Å². The molecule has 0 spiro atoms. The van der Waals surface area contributed by atoms with Crippen LogP contribution in [0.5, 0.6) is 0 Å². The Bertz CT molecular complexity index is 579. The van der Waals surface area contributed by atoms with Crippen LogP contribution < -0.4 is 5.32 Å². The van der Waals surface area contributed by atoms with Crippen molar-refractivity contribution in [1.29, 1.82) is 0 Å². The third kappa shape index (κ3) is 5.97. The third-order valence-corrected chi connectivity index (χ3v) is 3.69. The summed E-state index contributed by atoms with van der Waals surface area (Å²) in [6.45, 7) is 3.23. The highest BCUT2D eigenvalue weighted by Gasteiger charge is 2.27.